The van der Waals surface area contributed by atoms with Gasteiger partial charge in [0.2, 0.25) is 5.95 Å². The highest BCUT2D eigenvalue weighted by Crippen LogP contribution is 2.60. The molecule has 4 saturated carbocycles. The Labute approximate surface area is 239 Å². The number of ether oxygens (including phenoxy) is 1. The molecular weight excluding hydrogens is 531 g/mol. The molecule has 2 aromatic rings. The van der Waals surface area contributed by atoms with Crippen LogP contribution in [0.2, 0.25) is 0 Å². The van der Waals surface area contributed by atoms with Gasteiger partial charge in [-0.3, -0.25) is 0 Å². The highest BCUT2D eigenvalue weighted by Gasteiger charge is 2.55. The number of hydrogen-bond acceptors (Lipinski definition) is 8. The van der Waals surface area contributed by atoms with Gasteiger partial charge in [0.05, 0.1) is 6.20 Å². The highest BCUT2D eigenvalue weighted by molar-refractivity contribution is 5.53. The van der Waals surface area contributed by atoms with E-state index in [-0.39, 0.29) is 23.7 Å². The van der Waals surface area contributed by atoms with Gasteiger partial charge in [0.1, 0.15) is 23.2 Å². The minimum Gasteiger partial charge on any atom is -0.405 e. The summed E-state index contributed by atoms with van der Waals surface area (Å²) < 4.78 is 42.6. The molecule has 1 aromatic heterocycles. The summed E-state index contributed by atoms with van der Waals surface area (Å²) in [5.41, 5.74) is 0.868. The van der Waals surface area contributed by atoms with Crippen molar-refractivity contribution in [3.63, 3.8) is 0 Å². The summed E-state index contributed by atoms with van der Waals surface area (Å²) in [6.45, 7) is 3.13. The normalized spacial score (nSPS) is 29.7. The van der Waals surface area contributed by atoms with Crippen molar-refractivity contribution in [3.8, 4) is 11.8 Å². The first-order chi connectivity index (χ1) is 19.7. The van der Waals surface area contributed by atoms with E-state index in [4.69, 9.17) is 0 Å². The molecule has 5 fully saturated rings. The number of rotatable bonds is 9. The van der Waals surface area contributed by atoms with Crippen molar-refractivity contribution in [2.24, 2.45) is 23.2 Å². The van der Waals surface area contributed by atoms with Gasteiger partial charge in [-0.2, -0.15) is 10.2 Å². The number of nitrogens with one attached hydrogen (secondary N) is 3. The number of aromatic nitrogens is 2. The van der Waals surface area contributed by atoms with E-state index in [1.807, 2.05) is 0 Å². The summed E-state index contributed by atoms with van der Waals surface area (Å²) in [6, 6.07) is 9.37. The molecule has 5 atom stereocenters. The van der Waals surface area contributed by atoms with Crippen LogP contribution in [0.4, 0.5) is 24.9 Å². The maximum atomic E-state index is 12.8. The van der Waals surface area contributed by atoms with Crippen molar-refractivity contribution in [1.82, 2.24) is 20.2 Å². The third kappa shape index (κ3) is 6.38. The summed E-state index contributed by atoms with van der Waals surface area (Å²) >= 11 is 0. The summed E-state index contributed by atoms with van der Waals surface area (Å²) in [5, 5.41) is 20.3. The van der Waals surface area contributed by atoms with Crippen molar-refractivity contribution >= 4 is 11.8 Å². The topological polar surface area (TPSA) is 98.1 Å². The summed E-state index contributed by atoms with van der Waals surface area (Å²) in [7, 11) is 2.21. The number of likely N-dealkylation sites (tertiary alicyclic amines) is 1. The Morgan fingerprint density at radius 2 is 1.83 bits per heavy atom. The third-order valence-electron chi connectivity index (χ3n) is 9.72. The first kappa shape index (κ1) is 28.0. The standard InChI is InChI=1S/C30H38F3N7O/c1-40-8-6-24(7-9-40)38-26-21-10-19-11-22(26)14-29(12-19,13-21)18-37-27-23(15-34)17-36-28(39-27)35-16-20-4-2-3-5-25(20)41-30(31,32)33/h2-5,17,19,21-22,24,26,38H,6-14,16,18H2,1H3,(H2,35,36,37,39)/t19?,21-,22+,26?,29?. The lowest BCUT2D eigenvalue weighted by atomic mass is 9.48. The fourth-order valence-corrected chi connectivity index (χ4v) is 8.13. The predicted molar refractivity (Wildman–Crippen MR) is 149 cm³/mol. The van der Waals surface area contributed by atoms with Crippen LogP contribution in [0.25, 0.3) is 0 Å². The van der Waals surface area contributed by atoms with E-state index in [9.17, 15) is 18.4 Å². The number of benzene rings is 1. The average Bonchev–Trinajstić information content (AvgIpc) is 2.93. The van der Waals surface area contributed by atoms with Gasteiger partial charge in [0, 0.05) is 30.7 Å². The number of halogens is 3. The molecule has 7 rings (SSSR count). The minimum atomic E-state index is -4.78. The van der Waals surface area contributed by atoms with E-state index in [2.05, 4.69) is 48.7 Å². The molecule has 8 nitrogen and oxygen atoms in total. The zero-order valence-electron chi connectivity index (χ0n) is 23.4. The number of para-hydroxylation sites is 1. The van der Waals surface area contributed by atoms with Crippen LogP contribution in [0.15, 0.2) is 30.5 Å². The van der Waals surface area contributed by atoms with E-state index in [0.29, 0.717) is 40.9 Å². The van der Waals surface area contributed by atoms with Crippen molar-refractivity contribution < 1.29 is 17.9 Å². The van der Waals surface area contributed by atoms with Crippen molar-refractivity contribution in [2.45, 2.75) is 69.9 Å². The molecule has 3 unspecified atom stereocenters. The first-order valence-corrected chi connectivity index (χ1v) is 14.7. The molecule has 0 radical (unpaired) electrons. The molecule has 5 aliphatic rings. The van der Waals surface area contributed by atoms with Crippen LogP contribution in [-0.2, 0) is 6.54 Å². The molecule has 4 aliphatic carbocycles. The van der Waals surface area contributed by atoms with Crippen molar-refractivity contribution in [2.75, 3.05) is 37.3 Å². The lowest BCUT2D eigenvalue weighted by Gasteiger charge is -2.61. The molecule has 2 heterocycles. The molecule has 0 spiro atoms. The number of piperidine rings is 1. The van der Waals surface area contributed by atoms with E-state index in [1.54, 1.807) is 12.1 Å². The van der Waals surface area contributed by atoms with Gasteiger partial charge in [0.15, 0.2) is 0 Å². The van der Waals surface area contributed by atoms with Gasteiger partial charge in [-0.25, -0.2) is 4.98 Å². The Bertz CT molecular complexity index is 1260. The zero-order chi connectivity index (χ0) is 28.6. The van der Waals surface area contributed by atoms with Crippen molar-refractivity contribution in [3.05, 3.63) is 41.6 Å². The smallest absolute Gasteiger partial charge is 0.405 e. The monoisotopic (exact) mass is 569 g/mol. The number of hydrogen-bond donors (Lipinski definition) is 3. The largest absolute Gasteiger partial charge is 0.573 e. The Kier molecular flexibility index (Phi) is 7.72. The fourth-order valence-electron chi connectivity index (χ4n) is 8.13. The van der Waals surface area contributed by atoms with Crippen LogP contribution in [0, 0.1) is 34.5 Å². The first-order valence-electron chi connectivity index (χ1n) is 14.7. The number of nitrogens with zero attached hydrogens (tertiary/aromatic N) is 4. The van der Waals surface area contributed by atoms with Crippen LogP contribution in [0.5, 0.6) is 5.75 Å². The Hall–Kier alpha value is -3.10. The second kappa shape index (κ2) is 11.3. The quantitative estimate of drug-likeness (QED) is 0.382. The van der Waals surface area contributed by atoms with Gasteiger partial charge in [0.25, 0.3) is 0 Å². The lowest BCUT2D eigenvalue weighted by Crippen LogP contribution is -2.61. The van der Waals surface area contributed by atoms with Crippen LogP contribution in [0.3, 0.4) is 0 Å². The zero-order valence-corrected chi connectivity index (χ0v) is 23.4. The highest BCUT2D eigenvalue weighted by atomic mass is 19.4. The van der Waals surface area contributed by atoms with Crippen LogP contribution in [-0.4, -0.2) is 60.0 Å². The molecule has 1 saturated heterocycles. The maximum Gasteiger partial charge on any atom is 0.573 e. The second-order valence-electron chi connectivity index (χ2n) is 12.7. The Morgan fingerprint density at radius 3 is 2.54 bits per heavy atom. The van der Waals surface area contributed by atoms with Crippen molar-refractivity contribution in [1.29, 1.82) is 5.26 Å². The van der Waals surface area contributed by atoms with Gasteiger partial charge in [-0.1, -0.05) is 18.2 Å². The molecule has 1 aliphatic heterocycles. The SMILES string of the molecule is CN1CCC(NC2[C@@H]3CC4C[C@H]2CC(CNc2nc(NCc5ccccc5OC(F)(F)F)ncc2C#N)(C4)C3)CC1. The van der Waals surface area contributed by atoms with Gasteiger partial charge in [-0.05, 0) is 94.3 Å². The average molecular weight is 570 g/mol. The lowest BCUT2D eigenvalue weighted by molar-refractivity contribution is -0.274. The minimum absolute atomic E-state index is 0.0399. The molecule has 11 heteroatoms. The van der Waals surface area contributed by atoms with E-state index < -0.39 is 6.36 Å². The fraction of sp³-hybridized carbons (Fsp3) is 0.633. The number of alkyl halides is 3. The van der Waals surface area contributed by atoms with Crippen LogP contribution in [0.1, 0.15) is 56.1 Å². The summed E-state index contributed by atoms with van der Waals surface area (Å²) in [4.78, 5) is 11.2. The molecule has 1 aromatic carbocycles. The third-order valence-corrected chi connectivity index (χ3v) is 9.72. The molecule has 4 bridgehead atoms. The molecule has 0 amide bonds. The van der Waals surface area contributed by atoms with Gasteiger partial charge >= 0.3 is 6.36 Å². The van der Waals surface area contributed by atoms with Crippen LogP contribution >= 0.6 is 0 Å². The van der Waals surface area contributed by atoms with E-state index in [1.165, 1.54) is 76.4 Å². The van der Waals surface area contributed by atoms with Gasteiger partial charge < -0.3 is 25.6 Å². The number of nitriles is 1. The Balaban J connectivity index is 1.10. The predicted octanol–water partition coefficient (Wildman–Crippen LogP) is 5.15. The second-order valence-corrected chi connectivity index (χ2v) is 12.7. The molecule has 220 valence electrons. The molecule has 3 N–H and O–H groups in total. The van der Waals surface area contributed by atoms with Gasteiger partial charge in [-0.15, -0.1) is 13.2 Å². The summed E-state index contributed by atoms with van der Waals surface area (Å²) in [5.74, 6) is 2.58. The maximum absolute atomic E-state index is 12.8. The Morgan fingerprint density at radius 1 is 1.10 bits per heavy atom. The number of anilines is 2. The molecular formula is C30H38F3N7O. The van der Waals surface area contributed by atoms with E-state index >= 15 is 0 Å². The summed E-state index contributed by atoms with van der Waals surface area (Å²) in [6.07, 6.45) is 5.34. The van der Waals surface area contributed by atoms with Crippen LogP contribution < -0.4 is 20.7 Å². The molecule has 41 heavy (non-hydrogen) atoms. The van der Waals surface area contributed by atoms with E-state index in [0.717, 1.165) is 12.5 Å².